The maximum atomic E-state index is 12.5. The van der Waals surface area contributed by atoms with E-state index < -0.39 is 6.10 Å². The second-order valence-electron chi connectivity index (χ2n) is 5.11. The van der Waals surface area contributed by atoms with E-state index in [1.807, 2.05) is 12.1 Å². The topological polar surface area (TPSA) is 53.3 Å². The van der Waals surface area contributed by atoms with Gasteiger partial charge in [0.1, 0.15) is 5.75 Å². The molecule has 22 heavy (non-hydrogen) atoms. The van der Waals surface area contributed by atoms with Gasteiger partial charge in [0.05, 0.1) is 23.9 Å². The summed E-state index contributed by atoms with van der Waals surface area (Å²) in [5, 5.41) is 9.71. The van der Waals surface area contributed by atoms with E-state index in [0.717, 1.165) is 5.56 Å². The van der Waals surface area contributed by atoms with Gasteiger partial charge in [-0.25, -0.2) is 0 Å². The first-order chi connectivity index (χ1) is 10.6. The van der Waals surface area contributed by atoms with E-state index in [1.54, 1.807) is 42.2 Å². The Hall–Kier alpha value is -2.51. The largest absolute Gasteiger partial charge is 0.479 e. The van der Waals surface area contributed by atoms with Crippen LogP contribution in [0.4, 0.5) is 5.69 Å². The van der Waals surface area contributed by atoms with Crippen molar-refractivity contribution in [3.05, 3.63) is 58.6 Å². The van der Waals surface area contributed by atoms with Crippen LogP contribution in [0.5, 0.6) is 5.75 Å². The van der Waals surface area contributed by atoms with Crippen LogP contribution < -0.4 is 9.64 Å². The Morgan fingerprint density at radius 1 is 1.27 bits per heavy atom. The fraction of sp³-hybridized carbons (Fsp3) is 0.176. The minimum Gasteiger partial charge on any atom is -0.479 e. The van der Waals surface area contributed by atoms with Crippen molar-refractivity contribution in [3.8, 4) is 11.8 Å². The molecule has 1 aliphatic rings. The van der Waals surface area contributed by atoms with Gasteiger partial charge < -0.3 is 9.64 Å². The third-order valence-electron chi connectivity index (χ3n) is 3.55. The van der Waals surface area contributed by atoms with Gasteiger partial charge in [-0.2, -0.15) is 5.26 Å². The Morgan fingerprint density at radius 2 is 2.00 bits per heavy atom. The van der Waals surface area contributed by atoms with E-state index in [2.05, 4.69) is 6.07 Å². The molecule has 0 saturated heterocycles. The first-order valence-corrected chi connectivity index (χ1v) is 7.23. The van der Waals surface area contributed by atoms with Gasteiger partial charge >= 0.3 is 0 Å². The van der Waals surface area contributed by atoms with Crippen molar-refractivity contribution in [2.75, 3.05) is 4.90 Å². The van der Waals surface area contributed by atoms with Crippen LogP contribution in [0, 0.1) is 11.3 Å². The monoisotopic (exact) mass is 312 g/mol. The lowest BCUT2D eigenvalue weighted by molar-refractivity contribution is -0.125. The zero-order valence-electron chi connectivity index (χ0n) is 11.9. The average Bonchev–Trinajstić information content (AvgIpc) is 2.53. The van der Waals surface area contributed by atoms with Crippen LogP contribution in [-0.2, 0) is 11.3 Å². The Bertz CT molecular complexity index is 765. The molecule has 2 aromatic rings. The quantitative estimate of drug-likeness (QED) is 0.852. The van der Waals surface area contributed by atoms with Gasteiger partial charge in [0.2, 0.25) is 0 Å². The summed E-state index contributed by atoms with van der Waals surface area (Å²) in [4.78, 5) is 14.1. The molecule has 1 atom stereocenters. The molecule has 0 N–H and O–H groups in total. The number of amides is 1. The maximum Gasteiger partial charge on any atom is 0.268 e. The molecule has 0 bridgehead atoms. The van der Waals surface area contributed by atoms with Gasteiger partial charge in [-0.05, 0) is 42.8 Å². The van der Waals surface area contributed by atoms with E-state index in [0.29, 0.717) is 28.6 Å². The predicted molar refractivity (Wildman–Crippen MR) is 83.9 cm³/mol. The number of ether oxygens (including phenoxy) is 1. The molecule has 2 aromatic carbocycles. The highest BCUT2D eigenvalue weighted by Crippen LogP contribution is 2.35. The molecule has 110 valence electrons. The third-order valence-corrected chi connectivity index (χ3v) is 3.80. The summed E-state index contributed by atoms with van der Waals surface area (Å²) in [7, 11) is 0. The van der Waals surface area contributed by atoms with Crippen molar-refractivity contribution in [2.24, 2.45) is 0 Å². The van der Waals surface area contributed by atoms with Crippen LogP contribution in [0.2, 0.25) is 5.02 Å². The fourth-order valence-corrected chi connectivity index (χ4v) is 2.54. The molecule has 0 fully saturated rings. The number of halogens is 1. The van der Waals surface area contributed by atoms with Crippen LogP contribution >= 0.6 is 11.6 Å². The predicted octanol–water partition coefficient (Wildman–Crippen LogP) is 3.53. The number of rotatable bonds is 2. The Balaban J connectivity index is 2.00. The summed E-state index contributed by atoms with van der Waals surface area (Å²) >= 11 is 5.89. The Labute approximate surface area is 133 Å². The molecule has 1 aliphatic heterocycles. The van der Waals surface area contributed by atoms with E-state index in [-0.39, 0.29) is 5.91 Å². The fourth-order valence-electron chi connectivity index (χ4n) is 2.41. The van der Waals surface area contributed by atoms with Crippen molar-refractivity contribution in [2.45, 2.75) is 19.6 Å². The number of anilines is 1. The number of hydrogen-bond acceptors (Lipinski definition) is 3. The molecule has 1 heterocycles. The van der Waals surface area contributed by atoms with Crippen LogP contribution in [-0.4, -0.2) is 12.0 Å². The lowest BCUT2D eigenvalue weighted by atomic mass is 10.1. The molecular weight excluding hydrogens is 300 g/mol. The van der Waals surface area contributed by atoms with Crippen LogP contribution in [0.1, 0.15) is 18.1 Å². The number of carbonyl (C=O) groups excluding carboxylic acids is 1. The summed E-state index contributed by atoms with van der Waals surface area (Å²) in [6, 6.07) is 14.5. The van der Waals surface area contributed by atoms with E-state index in [4.69, 9.17) is 21.6 Å². The number of hydrogen-bond donors (Lipinski definition) is 0. The van der Waals surface area contributed by atoms with Gasteiger partial charge in [0.15, 0.2) is 6.10 Å². The molecule has 0 aromatic heterocycles. The second-order valence-corrected chi connectivity index (χ2v) is 5.54. The molecule has 1 unspecified atom stereocenters. The summed E-state index contributed by atoms with van der Waals surface area (Å²) in [6.07, 6.45) is -0.548. The average molecular weight is 313 g/mol. The number of nitrogens with zero attached hydrogens (tertiary/aromatic N) is 2. The van der Waals surface area contributed by atoms with E-state index in [9.17, 15) is 4.79 Å². The van der Waals surface area contributed by atoms with E-state index >= 15 is 0 Å². The van der Waals surface area contributed by atoms with Crippen LogP contribution in [0.25, 0.3) is 0 Å². The van der Waals surface area contributed by atoms with Crippen molar-refractivity contribution < 1.29 is 9.53 Å². The molecule has 0 saturated carbocycles. The first-order valence-electron chi connectivity index (χ1n) is 6.85. The van der Waals surface area contributed by atoms with Crippen LogP contribution in [0.15, 0.2) is 42.5 Å². The number of benzene rings is 2. The van der Waals surface area contributed by atoms with Crippen molar-refractivity contribution in [1.29, 1.82) is 5.26 Å². The SMILES string of the molecule is CC1Oc2ccc(C#N)cc2N(Cc2ccc(Cl)cc2)C1=O. The van der Waals surface area contributed by atoms with Gasteiger partial charge in [-0.1, -0.05) is 23.7 Å². The highest BCUT2D eigenvalue weighted by Gasteiger charge is 2.31. The standard InChI is InChI=1S/C17H13ClN2O2/c1-11-17(21)20(10-12-2-5-14(18)6-3-12)15-8-13(9-19)4-7-16(15)22-11/h2-8,11H,10H2,1H3. The minimum atomic E-state index is -0.548. The van der Waals surface area contributed by atoms with Crippen molar-refractivity contribution in [3.63, 3.8) is 0 Å². The molecule has 4 nitrogen and oxygen atoms in total. The molecule has 1 amide bonds. The van der Waals surface area contributed by atoms with Gasteiger partial charge in [0.25, 0.3) is 5.91 Å². The highest BCUT2D eigenvalue weighted by molar-refractivity contribution is 6.30. The van der Waals surface area contributed by atoms with Crippen molar-refractivity contribution in [1.82, 2.24) is 0 Å². The zero-order chi connectivity index (χ0) is 15.7. The van der Waals surface area contributed by atoms with E-state index in [1.165, 1.54) is 0 Å². The van der Waals surface area contributed by atoms with Crippen molar-refractivity contribution >= 4 is 23.2 Å². The second kappa shape index (κ2) is 5.70. The van der Waals surface area contributed by atoms with Crippen LogP contribution in [0.3, 0.4) is 0 Å². The lowest BCUT2D eigenvalue weighted by Crippen LogP contribution is -2.44. The van der Waals surface area contributed by atoms with Gasteiger partial charge in [-0.3, -0.25) is 4.79 Å². The molecule has 5 heteroatoms. The molecule has 3 rings (SSSR count). The number of fused-ring (bicyclic) bond motifs is 1. The van der Waals surface area contributed by atoms with Gasteiger partial charge in [-0.15, -0.1) is 0 Å². The zero-order valence-corrected chi connectivity index (χ0v) is 12.7. The summed E-state index contributed by atoms with van der Waals surface area (Å²) < 4.78 is 5.61. The smallest absolute Gasteiger partial charge is 0.268 e. The molecule has 0 radical (unpaired) electrons. The highest BCUT2D eigenvalue weighted by atomic mass is 35.5. The van der Waals surface area contributed by atoms with Gasteiger partial charge in [0, 0.05) is 5.02 Å². The first kappa shape index (κ1) is 14.4. The number of carbonyl (C=O) groups is 1. The molecule has 0 spiro atoms. The third kappa shape index (κ3) is 2.63. The number of nitriles is 1. The molecular formula is C17H13ClN2O2. The maximum absolute atomic E-state index is 12.5. The molecule has 0 aliphatic carbocycles. The summed E-state index contributed by atoms with van der Waals surface area (Å²) in [5.41, 5.74) is 2.07. The lowest BCUT2D eigenvalue weighted by Gasteiger charge is -2.33. The Kier molecular flexibility index (Phi) is 3.74. The normalized spacial score (nSPS) is 16.7. The minimum absolute atomic E-state index is 0.127. The summed E-state index contributed by atoms with van der Waals surface area (Å²) in [5.74, 6) is 0.484. The Morgan fingerprint density at radius 3 is 2.68 bits per heavy atom. The summed E-state index contributed by atoms with van der Waals surface area (Å²) in [6.45, 7) is 2.13.